The lowest BCUT2D eigenvalue weighted by molar-refractivity contribution is -0.137. The molecule has 0 unspecified atom stereocenters. The van der Waals surface area contributed by atoms with Crippen LogP contribution >= 0.6 is 11.6 Å². The Kier molecular flexibility index (Phi) is 6.64. The summed E-state index contributed by atoms with van der Waals surface area (Å²) in [4.78, 5) is 34.3. The summed E-state index contributed by atoms with van der Waals surface area (Å²) in [5.41, 5.74) is 5.90. The highest BCUT2D eigenvalue weighted by molar-refractivity contribution is 6.45. The van der Waals surface area contributed by atoms with Gasteiger partial charge in [-0.15, -0.1) is 0 Å². The molecule has 0 bridgehead atoms. The Balaban J connectivity index is 1.88. The predicted molar refractivity (Wildman–Crippen MR) is 114 cm³/mol. The number of hydrogen-bond acceptors (Lipinski definition) is 5. The van der Waals surface area contributed by atoms with Gasteiger partial charge in [0.05, 0.1) is 40.4 Å². The van der Waals surface area contributed by atoms with E-state index >= 15 is 0 Å². The van der Waals surface area contributed by atoms with E-state index in [0.29, 0.717) is 11.8 Å². The summed E-state index contributed by atoms with van der Waals surface area (Å²) >= 11 is 6.20. The summed E-state index contributed by atoms with van der Waals surface area (Å²) in [5, 5.41) is 2.61. The maximum atomic E-state index is 13.0. The molecule has 0 atom stereocenters. The summed E-state index contributed by atoms with van der Waals surface area (Å²) in [6.07, 6.45) is -2.59. The van der Waals surface area contributed by atoms with Crippen LogP contribution < -0.4 is 16.0 Å². The number of aromatic nitrogens is 2. The van der Waals surface area contributed by atoms with Crippen molar-refractivity contribution in [3.8, 4) is 0 Å². The smallest absolute Gasteiger partial charge is 0.383 e. The molecule has 11 heteroatoms. The van der Waals surface area contributed by atoms with E-state index in [1.54, 1.807) is 25.1 Å². The SMILES string of the molecule is Cc1cc(NC(=O)C(=O)N(Cc2ccc(C(F)(F)F)cn2)c2ccccc2Cl)cnc1N. The van der Waals surface area contributed by atoms with Gasteiger partial charge in [-0.25, -0.2) is 4.98 Å². The van der Waals surface area contributed by atoms with Crippen molar-refractivity contribution in [2.24, 2.45) is 0 Å². The summed E-state index contributed by atoms with van der Waals surface area (Å²) in [5.74, 6) is -1.71. The summed E-state index contributed by atoms with van der Waals surface area (Å²) in [7, 11) is 0. The van der Waals surface area contributed by atoms with Gasteiger partial charge in [-0.2, -0.15) is 13.2 Å². The van der Waals surface area contributed by atoms with Crippen LogP contribution in [-0.4, -0.2) is 21.8 Å². The van der Waals surface area contributed by atoms with E-state index in [0.717, 1.165) is 17.0 Å². The number of nitrogens with one attached hydrogen (secondary N) is 1. The molecule has 0 spiro atoms. The number of para-hydroxylation sites is 1. The monoisotopic (exact) mass is 463 g/mol. The zero-order valence-electron chi connectivity index (χ0n) is 16.7. The first-order chi connectivity index (χ1) is 15.1. The van der Waals surface area contributed by atoms with Gasteiger partial charge in [0, 0.05) is 6.20 Å². The number of alkyl halides is 3. The van der Waals surface area contributed by atoms with Gasteiger partial charge in [0.1, 0.15) is 5.82 Å². The molecule has 0 fully saturated rings. The lowest BCUT2D eigenvalue weighted by atomic mass is 10.2. The van der Waals surface area contributed by atoms with E-state index in [9.17, 15) is 22.8 Å². The minimum Gasteiger partial charge on any atom is -0.383 e. The third kappa shape index (κ3) is 5.33. The van der Waals surface area contributed by atoms with Crippen LogP contribution in [0.3, 0.4) is 0 Å². The number of aryl methyl sites for hydroxylation is 1. The highest BCUT2D eigenvalue weighted by atomic mass is 35.5. The van der Waals surface area contributed by atoms with Crippen molar-refractivity contribution in [2.45, 2.75) is 19.6 Å². The van der Waals surface area contributed by atoms with E-state index in [1.807, 2.05) is 0 Å². The number of rotatable bonds is 4. The molecule has 0 saturated heterocycles. The largest absolute Gasteiger partial charge is 0.417 e. The molecule has 2 amide bonds. The van der Waals surface area contributed by atoms with Crippen LogP contribution in [0.4, 0.5) is 30.4 Å². The van der Waals surface area contributed by atoms with Gasteiger partial charge in [-0.05, 0) is 42.8 Å². The van der Waals surface area contributed by atoms with E-state index in [2.05, 4.69) is 15.3 Å². The Morgan fingerprint density at radius 2 is 1.84 bits per heavy atom. The van der Waals surface area contributed by atoms with Crippen molar-refractivity contribution < 1.29 is 22.8 Å². The first-order valence-corrected chi connectivity index (χ1v) is 9.55. The van der Waals surface area contributed by atoms with Crippen LogP contribution in [-0.2, 0) is 22.3 Å². The first-order valence-electron chi connectivity index (χ1n) is 9.18. The standard InChI is InChI=1S/C21H17ClF3N5O2/c1-12-8-15(10-28-18(12)26)29-19(31)20(32)30(17-5-3-2-4-16(17)22)11-14-7-6-13(9-27-14)21(23,24)25/h2-10H,11H2,1H3,(H2,26,28)(H,29,31). The van der Waals surface area contributed by atoms with Gasteiger partial charge < -0.3 is 11.1 Å². The number of benzene rings is 1. The summed E-state index contributed by atoms with van der Waals surface area (Å²) in [6.45, 7) is 1.40. The molecule has 3 N–H and O–H groups in total. The number of hydrogen-bond donors (Lipinski definition) is 2. The number of nitrogens with two attached hydrogens (primary N) is 1. The maximum Gasteiger partial charge on any atom is 0.417 e. The Hall–Kier alpha value is -3.66. The topological polar surface area (TPSA) is 101 Å². The lowest BCUT2D eigenvalue weighted by Crippen LogP contribution is -2.39. The zero-order valence-corrected chi connectivity index (χ0v) is 17.4. The molecule has 2 aromatic heterocycles. The second kappa shape index (κ2) is 9.23. The summed E-state index contributed by atoms with van der Waals surface area (Å²) in [6, 6.07) is 9.78. The molecule has 3 aromatic rings. The van der Waals surface area contributed by atoms with E-state index in [-0.39, 0.29) is 34.5 Å². The molecular formula is C21H17ClF3N5O2. The molecule has 0 radical (unpaired) electrons. The number of amides is 2. The van der Waals surface area contributed by atoms with Gasteiger partial charge >= 0.3 is 18.0 Å². The molecular weight excluding hydrogens is 447 g/mol. The second-order valence-electron chi connectivity index (χ2n) is 6.76. The molecule has 0 saturated carbocycles. The third-order valence-electron chi connectivity index (χ3n) is 4.43. The number of pyridine rings is 2. The molecule has 2 heterocycles. The lowest BCUT2D eigenvalue weighted by Gasteiger charge is -2.23. The summed E-state index contributed by atoms with van der Waals surface area (Å²) < 4.78 is 38.4. The number of anilines is 3. The normalized spacial score (nSPS) is 11.2. The van der Waals surface area contributed by atoms with Crippen molar-refractivity contribution in [3.63, 3.8) is 0 Å². The minimum absolute atomic E-state index is 0.129. The number of carbonyl (C=O) groups excluding carboxylic acids is 2. The highest BCUT2D eigenvalue weighted by Crippen LogP contribution is 2.30. The molecule has 0 aliphatic carbocycles. The number of carbonyl (C=O) groups is 2. The van der Waals surface area contributed by atoms with Gasteiger partial charge in [0.2, 0.25) is 0 Å². The number of halogens is 4. The van der Waals surface area contributed by atoms with Crippen molar-refractivity contribution in [1.29, 1.82) is 0 Å². The van der Waals surface area contributed by atoms with Gasteiger partial charge in [-0.1, -0.05) is 23.7 Å². The van der Waals surface area contributed by atoms with Crippen molar-refractivity contribution in [1.82, 2.24) is 9.97 Å². The Morgan fingerprint density at radius 1 is 1.12 bits per heavy atom. The first kappa shape index (κ1) is 23.0. The highest BCUT2D eigenvalue weighted by Gasteiger charge is 2.31. The Morgan fingerprint density at radius 3 is 2.44 bits per heavy atom. The van der Waals surface area contributed by atoms with E-state index in [1.165, 1.54) is 18.3 Å². The van der Waals surface area contributed by atoms with Crippen LogP contribution in [0.25, 0.3) is 0 Å². The average Bonchev–Trinajstić information content (AvgIpc) is 2.74. The average molecular weight is 464 g/mol. The fraction of sp³-hybridized carbons (Fsp3) is 0.143. The van der Waals surface area contributed by atoms with Crippen LogP contribution in [0.1, 0.15) is 16.8 Å². The molecule has 3 rings (SSSR count). The minimum atomic E-state index is -4.55. The fourth-order valence-corrected chi connectivity index (χ4v) is 2.98. The molecule has 32 heavy (non-hydrogen) atoms. The molecule has 1 aromatic carbocycles. The van der Waals surface area contributed by atoms with Crippen molar-refractivity contribution in [2.75, 3.05) is 16.0 Å². The van der Waals surface area contributed by atoms with Crippen molar-refractivity contribution >= 4 is 40.6 Å². The van der Waals surface area contributed by atoms with Crippen LogP contribution in [0.2, 0.25) is 5.02 Å². The number of nitrogens with zero attached hydrogens (tertiary/aromatic N) is 3. The van der Waals surface area contributed by atoms with Crippen LogP contribution in [0.5, 0.6) is 0 Å². The van der Waals surface area contributed by atoms with Gasteiger partial charge in [-0.3, -0.25) is 19.5 Å². The van der Waals surface area contributed by atoms with E-state index in [4.69, 9.17) is 17.3 Å². The van der Waals surface area contributed by atoms with Gasteiger partial charge in [0.25, 0.3) is 0 Å². The molecule has 0 aliphatic heterocycles. The quantitative estimate of drug-likeness (QED) is 0.564. The van der Waals surface area contributed by atoms with E-state index < -0.39 is 23.6 Å². The van der Waals surface area contributed by atoms with Gasteiger partial charge in [0.15, 0.2) is 0 Å². The predicted octanol–water partition coefficient (Wildman–Crippen LogP) is 4.21. The molecule has 166 valence electrons. The third-order valence-corrected chi connectivity index (χ3v) is 4.75. The second-order valence-corrected chi connectivity index (χ2v) is 7.17. The van der Waals surface area contributed by atoms with Crippen LogP contribution in [0.15, 0.2) is 54.9 Å². The number of nitrogen functional groups attached to an aromatic ring is 1. The Bertz CT molecular complexity index is 1150. The molecule has 7 nitrogen and oxygen atoms in total. The fourth-order valence-electron chi connectivity index (χ4n) is 2.75. The molecule has 0 aliphatic rings. The van der Waals surface area contributed by atoms with Crippen LogP contribution in [0, 0.1) is 6.92 Å². The zero-order chi connectivity index (χ0) is 23.5. The maximum absolute atomic E-state index is 13.0. The van der Waals surface area contributed by atoms with Crippen molar-refractivity contribution in [3.05, 3.63) is 76.7 Å². The Labute approximate surface area is 186 Å².